The van der Waals surface area contributed by atoms with Crippen LogP contribution in [0, 0.1) is 0 Å². The van der Waals surface area contributed by atoms with Crippen LogP contribution in [0.4, 0.5) is 0 Å². The molecule has 138 valence electrons. The standard InChI is InChI=1S/C21H36Cl2N/c1-4-5-6-7-8-9-10-11-12-15-18-24(2,3)21(23)19-16-13-14-17-20(19)22/h13-14,16-17,21H,4-12,15,18H2,1-3H3/q+1. The highest BCUT2D eigenvalue weighted by Crippen LogP contribution is 2.34. The minimum Gasteiger partial charge on any atom is -0.309 e. The van der Waals surface area contributed by atoms with Crippen LogP contribution in [0.5, 0.6) is 0 Å². The van der Waals surface area contributed by atoms with Crippen molar-refractivity contribution < 1.29 is 4.48 Å². The van der Waals surface area contributed by atoms with Gasteiger partial charge >= 0.3 is 0 Å². The number of rotatable bonds is 13. The molecule has 1 unspecified atom stereocenters. The van der Waals surface area contributed by atoms with Crippen molar-refractivity contribution in [2.24, 2.45) is 0 Å². The molecule has 0 spiro atoms. The van der Waals surface area contributed by atoms with Crippen LogP contribution >= 0.6 is 23.2 Å². The summed E-state index contributed by atoms with van der Waals surface area (Å²) < 4.78 is 0.780. The van der Waals surface area contributed by atoms with E-state index < -0.39 is 0 Å². The van der Waals surface area contributed by atoms with Gasteiger partial charge in [0.05, 0.1) is 25.7 Å². The molecule has 0 radical (unpaired) electrons. The van der Waals surface area contributed by atoms with E-state index in [-0.39, 0.29) is 5.50 Å². The Morgan fingerprint density at radius 2 is 1.33 bits per heavy atom. The zero-order chi connectivity index (χ0) is 17.8. The summed E-state index contributed by atoms with van der Waals surface area (Å²) in [7, 11) is 4.41. The zero-order valence-electron chi connectivity index (χ0n) is 15.9. The maximum atomic E-state index is 6.71. The van der Waals surface area contributed by atoms with Gasteiger partial charge in [-0.2, -0.15) is 0 Å². The molecule has 0 N–H and O–H groups in total. The van der Waals surface area contributed by atoms with Crippen molar-refractivity contribution >= 4 is 23.2 Å². The van der Waals surface area contributed by atoms with E-state index in [9.17, 15) is 0 Å². The topological polar surface area (TPSA) is 0 Å². The van der Waals surface area contributed by atoms with Crippen molar-refractivity contribution in [2.45, 2.75) is 76.6 Å². The third kappa shape index (κ3) is 8.23. The average Bonchev–Trinajstić information content (AvgIpc) is 2.56. The molecule has 0 saturated heterocycles. The third-order valence-corrected chi connectivity index (χ3v) is 5.97. The monoisotopic (exact) mass is 372 g/mol. The molecular weight excluding hydrogens is 337 g/mol. The lowest BCUT2D eigenvalue weighted by Gasteiger charge is -2.35. The average molecular weight is 373 g/mol. The van der Waals surface area contributed by atoms with Crippen LogP contribution in [0.25, 0.3) is 0 Å². The molecule has 0 aliphatic heterocycles. The quantitative estimate of drug-likeness (QED) is 0.145. The lowest BCUT2D eigenvalue weighted by molar-refractivity contribution is -0.907. The number of alkyl halides is 1. The molecule has 24 heavy (non-hydrogen) atoms. The van der Waals surface area contributed by atoms with Crippen molar-refractivity contribution in [1.29, 1.82) is 0 Å². The van der Waals surface area contributed by atoms with Gasteiger partial charge < -0.3 is 4.48 Å². The van der Waals surface area contributed by atoms with Crippen LogP contribution in [0.15, 0.2) is 24.3 Å². The molecule has 1 aromatic carbocycles. The summed E-state index contributed by atoms with van der Waals surface area (Å²) >= 11 is 13.0. The van der Waals surface area contributed by atoms with Gasteiger partial charge in [0.1, 0.15) is 0 Å². The highest BCUT2D eigenvalue weighted by molar-refractivity contribution is 6.32. The summed E-state index contributed by atoms with van der Waals surface area (Å²) in [6, 6.07) is 7.93. The van der Waals surface area contributed by atoms with Crippen LogP contribution in [0.1, 0.15) is 82.2 Å². The fraction of sp³-hybridized carbons (Fsp3) is 0.714. The van der Waals surface area contributed by atoms with Gasteiger partial charge in [0.2, 0.25) is 0 Å². The minimum atomic E-state index is -0.0859. The first kappa shape index (κ1) is 21.8. The van der Waals surface area contributed by atoms with Crippen LogP contribution < -0.4 is 0 Å². The zero-order valence-corrected chi connectivity index (χ0v) is 17.4. The van der Waals surface area contributed by atoms with Crippen LogP contribution in [0.2, 0.25) is 5.02 Å². The molecule has 0 saturated carbocycles. The maximum Gasteiger partial charge on any atom is 0.191 e. The first-order chi connectivity index (χ1) is 11.5. The van der Waals surface area contributed by atoms with E-state index in [4.69, 9.17) is 23.2 Å². The molecule has 0 aromatic heterocycles. The Morgan fingerprint density at radius 1 is 0.833 bits per heavy atom. The van der Waals surface area contributed by atoms with Crippen molar-refractivity contribution in [1.82, 2.24) is 0 Å². The highest BCUT2D eigenvalue weighted by atomic mass is 35.5. The van der Waals surface area contributed by atoms with E-state index in [1.165, 1.54) is 64.2 Å². The molecule has 1 atom stereocenters. The smallest absolute Gasteiger partial charge is 0.191 e. The van der Waals surface area contributed by atoms with E-state index in [1.54, 1.807) is 0 Å². The molecule has 1 nitrogen and oxygen atoms in total. The van der Waals surface area contributed by atoms with Gasteiger partial charge in [-0.1, -0.05) is 99.7 Å². The molecule has 1 rings (SSSR count). The van der Waals surface area contributed by atoms with Gasteiger partial charge in [0, 0.05) is 5.56 Å². The number of hydrogen-bond acceptors (Lipinski definition) is 0. The lowest BCUT2D eigenvalue weighted by atomic mass is 10.1. The summed E-state index contributed by atoms with van der Waals surface area (Å²) in [4.78, 5) is 0. The van der Waals surface area contributed by atoms with Crippen LogP contribution in [0.3, 0.4) is 0 Å². The predicted molar refractivity (Wildman–Crippen MR) is 109 cm³/mol. The van der Waals surface area contributed by atoms with Crippen LogP contribution in [-0.4, -0.2) is 25.1 Å². The molecule has 3 heteroatoms. The van der Waals surface area contributed by atoms with Gasteiger partial charge in [-0.15, -0.1) is 0 Å². The van der Waals surface area contributed by atoms with Gasteiger partial charge in [-0.05, 0) is 18.9 Å². The number of halogens is 2. The summed E-state index contributed by atoms with van der Waals surface area (Å²) in [6.07, 6.45) is 13.7. The second-order valence-electron chi connectivity index (χ2n) is 7.54. The summed E-state index contributed by atoms with van der Waals surface area (Å²) in [6.45, 7) is 3.37. The van der Waals surface area contributed by atoms with Gasteiger partial charge in [0.15, 0.2) is 5.50 Å². The first-order valence-electron chi connectivity index (χ1n) is 9.70. The normalized spacial score (nSPS) is 13.2. The van der Waals surface area contributed by atoms with Crippen LogP contribution in [-0.2, 0) is 0 Å². The fourth-order valence-corrected chi connectivity index (χ4v) is 3.75. The third-order valence-electron chi connectivity index (χ3n) is 4.86. The molecule has 0 bridgehead atoms. The van der Waals surface area contributed by atoms with Gasteiger partial charge in [0.25, 0.3) is 0 Å². The predicted octanol–water partition coefficient (Wildman–Crippen LogP) is 7.57. The second kappa shape index (κ2) is 12.2. The number of hydrogen-bond donors (Lipinski definition) is 0. The number of nitrogens with zero attached hydrogens (tertiary/aromatic N) is 1. The van der Waals surface area contributed by atoms with Crippen molar-refractivity contribution in [3.05, 3.63) is 34.9 Å². The lowest BCUT2D eigenvalue weighted by Crippen LogP contribution is -2.41. The van der Waals surface area contributed by atoms with Gasteiger partial charge in [-0.25, -0.2) is 0 Å². The Labute approximate surface area is 159 Å². The Kier molecular flexibility index (Phi) is 11.1. The molecule has 0 amide bonds. The maximum absolute atomic E-state index is 6.71. The number of benzene rings is 1. The largest absolute Gasteiger partial charge is 0.309 e. The van der Waals surface area contributed by atoms with Crippen molar-refractivity contribution in [3.63, 3.8) is 0 Å². The van der Waals surface area contributed by atoms with E-state index in [0.29, 0.717) is 0 Å². The van der Waals surface area contributed by atoms with E-state index in [1.807, 2.05) is 24.3 Å². The fourth-order valence-electron chi connectivity index (χ4n) is 3.16. The summed E-state index contributed by atoms with van der Waals surface area (Å²) in [5.74, 6) is 0. The SMILES string of the molecule is CCCCCCCCCCCC[N+](C)(C)C(Cl)c1ccccc1Cl. The number of unbranched alkanes of at least 4 members (excludes halogenated alkanes) is 9. The van der Waals surface area contributed by atoms with E-state index >= 15 is 0 Å². The molecule has 0 aliphatic carbocycles. The van der Waals surface area contributed by atoms with Crippen molar-refractivity contribution in [2.75, 3.05) is 20.6 Å². The summed E-state index contributed by atoms with van der Waals surface area (Å²) in [5, 5.41) is 0.770. The Balaban J connectivity index is 2.18. The Bertz CT molecular complexity index is 445. The van der Waals surface area contributed by atoms with Crippen molar-refractivity contribution in [3.8, 4) is 0 Å². The summed E-state index contributed by atoms with van der Waals surface area (Å²) in [5.41, 5.74) is 0.954. The second-order valence-corrected chi connectivity index (χ2v) is 8.36. The molecule has 0 heterocycles. The first-order valence-corrected chi connectivity index (χ1v) is 10.5. The van der Waals surface area contributed by atoms with Gasteiger partial charge in [-0.3, -0.25) is 0 Å². The highest BCUT2D eigenvalue weighted by Gasteiger charge is 2.28. The molecule has 0 aliphatic rings. The number of quaternary nitrogens is 1. The van der Waals surface area contributed by atoms with E-state index in [2.05, 4.69) is 21.0 Å². The molecular formula is C21H36Cl2N+. The molecule has 1 aromatic rings. The Hall–Kier alpha value is -0.240. The Morgan fingerprint density at radius 3 is 1.88 bits per heavy atom. The minimum absolute atomic E-state index is 0.0859. The van der Waals surface area contributed by atoms with E-state index in [0.717, 1.165) is 21.6 Å². The molecule has 0 fully saturated rings.